The van der Waals surface area contributed by atoms with E-state index in [4.69, 9.17) is 0 Å². The second-order valence-electron chi connectivity index (χ2n) is 3.60. The van der Waals surface area contributed by atoms with Crippen molar-refractivity contribution in [2.45, 2.75) is 20.3 Å². The van der Waals surface area contributed by atoms with Gasteiger partial charge in [0.1, 0.15) is 0 Å². The molecule has 0 aliphatic carbocycles. The third-order valence-electron chi connectivity index (χ3n) is 2.16. The number of nitrogens with one attached hydrogen (secondary N) is 1. The van der Waals surface area contributed by atoms with E-state index in [1.54, 1.807) is 0 Å². The van der Waals surface area contributed by atoms with Crippen LogP contribution in [-0.2, 0) is 0 Å². The molecule has 1 aliphatic rings. The van der Waals surface area contributed by atoms with E-state index >= 15 is 0 Å². The van der Waals surface area contributed by atoms with Crippen LogP contribution in [0.15, 0.2) is 47.6 Å². The molecule has 14 heavy (non-hydrogen) atoms. The van der Waals surface area contributed by atoms with E-state index in [-0.39, 0.29) is 0 Å². The maximum absolute atomic E-state index is 3.38. The Hall–Kier alpha value is -1.08. The Morgan fingerprint density at radius 2 is 2.29 bits per heavy atom. The summed E-state index contributed by atoms with van der Waals surface area (Å²) >= 11 is 0. The molecule has 0 fully saturated rings. The largest absolute Gasteiger partial charge is 0.310 e. The molecule has 1 heterocycles. The summed E-state index contributed by atoms with van der Waals surface area (Å²) in [6.07, 6.45) is 13.9. The van der Waals surface area contributed by atoms with Crippen LogP contribution in [0.4, 0.5) is 0 Å². The van der Waals surface area contributed by atoms with Gasteiger partial charge in [0.05, 0.1) is 0 Å². The lowest BCUT2D eigenvalue weighted by Crippen LogP contribution is -2.16. The Morgan fingerprint density at radius 1 is 1.43 bits per heavy atom. The first-order valence-electron chi connectivity index (χ1n) is 5.16. The van der Waals surface area contributed by atoms with Gasteiger partial charge in [0.25, 0.3) is 0 Å². The Balaban J connectivity index is 2.68. The molecule has 0 radical (unpaired) electrons. The van der Waals surface area contributed by atoms with Crippen LogP contribution in [0, 0.1) is 0 Å². The van der Waals surface area contributed by atoms with Crippen LogP contribution in [0.2, 0.25) is 0 Å². The van der Waals surface area contributed by atoms with Crippen LogP contribution in [0.25, 0.3) is 0 Å². The summed E-state index contributed by atoms with van der Waals surface area (Å²) in [5.74, 6) is 0. The predicted molar refractivity (Wildman–Crippen MR) is 63.3 cm³/mol. The molecule has 1 N–H and O–H groups in total. The number of hydrogen-bond acceptors (Lipinski definition) is 1. The molecule has 0 atom stereocenters. The lowest BCUT2D eigenvalue weighted by atomic mass is 10.1. The summed E-state index contributed by atoms with van der Waals surface area (Å²) in [5.41, 5.74) is 2.86. The molecule has 0 aromatic heterocycles. The minimum Gasteiger partial charge on any atom is -0.310 e. The van der Waals surface area contributed by atoms with Gasteiger partial charge in [-0.05, 0) is 20.3 Å². The normalized spacial score (nSPS) is 27.9. The highest BCUT2D eigenvalue weighted by atomic mass is 14.8. The van der Waals surface area contributed by atoms with Gasteiger partial charge in [0.2, 0.25) is 0 Å². The van der Waals surface area contributed by atoms with Gasteiger partial charge in [-0.15, -0.1) is 0 Å². The fourth-order valence-corrected chi connectivity index (χ4v) is 1.45. The minimum absolute atomic E-state index is 0.955. The van der Waals surface area contributed by atoms with Gasteiger partial charge in [0.15, 0.2) is 0 Å². The molecule has 1 rings (SSSR count). The second kappa shape index (κ2) is 6.39. The molecule has 0 aromatic rings. The fraction of sp³-hybridized carbons (Fsp3) is 0.385. The van der Waals surface area contributed by atoms with E-state index < -0.39 is 0 Å². The van der Waals surface area contributed by atoms with Crippen molar-refractivity contribution in [3.63, 3.8) is 0 Å². The molecular weight excluding hydrogens is 170 g/mol. The number of allylic oxidation sites excluding steroid dienone is 6. The lowest BCUT2D eigenvalue weighted by Gasteiger charge is -2.06. The van der Waals surface area contributed by atoms with E-state index in [0.29, 0.717) is 0 Å². The molecule has 1 nitrogen and oxygen atoms in total. The summed E-state index contributed by atoms with van der Waals surface area (Å²) < 4.78 is 0. The Morgan fingerprint density at radius 3 is 3.07 bits per heavy atom. The van der Waals surface area contributed by atoms with Crippen LogP contribution in [0.5, 0.6) is 0 Å². The van der Waals surface area contributed by atoms with E-state index in [1.807, 2.05) is 6.92 Å². The van der Waals surface area contributed by atoms with Gasteiger partial charge in [0, 0.05) is 13.1 Å². The molecule has 0 bridgehead atoms. The van der Waals surface area contributed by atoms with Gasteiger partial charge in [-0.25, -0.2) is 0 Å². The third kappa shape index (κ3) is 4.24. The van der Waals surface area contributed by atoms with E-state index in [0.717, 1.165) is 19.5 Å². The Kier molecular flexibility index (Phi) is 5.02. The first-order chi connectivity index (χ1) is 6.83. The van der Waals surface area contributed by atoms with E-state index in [2.05, 4.69) is 48.7 Å². The molecule has 0 unspecified atom stereocenters. The standard InChI is InChI=1S/C13H19N/c1-3-4-8-13-10-12(2)7-5-6-9-14-11-13/h3-8,14H,9-11H2,1-2H3/b4-3-,6-5-,12-7-,13-8-. The summed E-state index contributed by atoms with van der Waals surface area (Å²) in [6, 6.07) is 0. The van der Waals surface area contributed by atoms with Gasteiger partial charge in [-0.3, -0.25) is 0 Å². The lowest BCUT2D eigenvalue weighted by molar-refractivity contribution is 0.798. The highest BCUT2D eigenvalue weighted by Crippen LogP contribution is 2.11. The topological polar surface area (TPSA) is 12.0 Å². The van der Waals surface area contributed by atoms with Crippen molar-refractivity contribution < 1.29 is 0 Å². The van der Waals surface area contributed by atoms with E-state index in [1.165, 1.54) is 11.1 Å². The summed E-state index contributed by atoms with van der Waals surface area (Å²) in [6.45, 7) is 6.17. The Labute approximate surface area is 86.9 Å². The van der Waals surface area contributed by atoms with Gasteiger partial charge >= 0.3 is 0 Å². The quantitative estimate of drug-likeness (QED) is 0.668. The molecule has 0 saturated heterocycles. The van der Waals surface area contributed by atoms with Gasteiger partial charge < -0.3 is 5.32 Å². The zero-order valence-electron chi connectivity index (χ0n) is 9.09. The maximum atomic E-state index is 3.38. The molecule has 0 aromatic carbocycles. The Bertz CT molecular complexity index is 280. The smallest absolute Gasteiger partial charge is 0.0173 e. The maximum Gasteiger partial charge on any atom is 0.0173 e. The zero-order valence-corrected chi connectivity index (χ0v) is 9.09. The summed E-state index contributed by atoms with van der Waals surface area (Å²) in [7, 11) is 0. The fourth-order valence-electron chi connectivity index (χ4n) is 1.45. The molecular formula is C13H19N. The summed E-state index contributed by atoms with van der Waals surface area (Å²) in [4.78, 5) is 0. The van der Waals surface area contributed by atoms with Gasteiger partial charge in [-0.1, -0.05) is 47.6 Å². The highest BCUT2D eigenvalue weighted by Gasteiger charge is 1.98. The van der Waals surface area contributed by atoms with Gasteiger partial charge in [-0.2, -0.15) is 0 Å². The van der Waals surface area contributed by atoms with Crippen LogP contribution in [0.1, 0.15) is 20.3 Å². The first kappa shape index (κ1) is 11.0. The van der Waals surface area contributed by atoms with Crippen molar-refractivity contribution >= 4 is 0 Å². The average molecular weight is 189 g/mol. The first-order valence-corrected chi connectivity index (χ1v) is 5.16. The molecule has 1 heteroatoms. The monoisotopic (exact) mass is 189 g/mol. The van der Waals surface area contributed by atoms with Crippen molar-refractivity contribution in [1.29, 1.82) is 0 Å². The second-order valence-corrected chi connectivity index (χ2v) is 3.60. The van der Waals surface area contributed by atoms with Crippen molar-refractivity contribution in [3.8, 4) is 0 Å². The molecule has 1 aliphatic heterocycles. The van der Waals surface area contributed by atoms with Crippen molar-refractivity contribution in [1.82, 2.24) is 5.32 Å². The molecule has 0 spiro atoms. The molecule has 0 saturated carbocycles. The third-order valence-corrected chi connectivity index (χ3v) is 2.16. The van der Waals surface area contributed by atoms with Crippen LogP contribution < -0.4 is 5.32 Å². The summed E-state index contributed by atoms with van der Waals surface area (Å²) in [5, 5.41) is 3.38. The van der Waals surface area contributed by atoms with Crippen molar-refractivity contribution in [2.24, 2.45) is 0 Å². The van der Waals surface area contributed by atoms with Crippen molar-refractivity contribution in [2.75, 3.05) is 13.1 Å². The van der Waals surface area contributed by atoms with Crippen LogP contribution in [0.3, 0.4) is 0 Å². The molecule has 0 amide bonds. The molecule has 76 valence electrons. The minimum atomic E-state index is 0.955. The van der Waals surface area contributed by atoms with Crippen LogP contribution >= 0.6 is 0 Å². The SMILES string of the molecule is C/C=C\C=C1/CNC/C=C\C=C(\C)C1. The number of hydrogen-bond donors (Lipinski definition) is 1. The predicted octanol–water partition coefficient (Wildman–Crippen LogP) is 2.98. The van der Waals surface area contributed by atoms with Crippen molar-refractivity contribution in [3.05, 3.63) is 47.6 Å². The van der Waals surface area contributed by atoms with E-state index in [9.17, 15) is 0 Å². The zero-order chi connectivity index (χ0) is 10.2. The van der Waals surface area contributed by atoms with Crippen LogP contribution in [-0.4, -0.2) is 13.1 Å². The number of rotatable bonds is 1. The average Bonchev–Trinajstić information content (AvgIpc) is 2.27. The highest BCUT2D eigenvalue weighted by molar-refractivity contribution is 5.23.